The second-order valence-electron chi connectivity index (χ2n) is 14.4. The molecule has 1 saturated heterocycles. The largest absolute Gasteiger partial charge is 0.455 e. The van der Waals surface area contributed by atoms with Crippen molar-refractivity contribution in [3.8, 4) is 0 Å². The molecule has 1 spiro atoms. The van der Waals surface area contributed by atoms with Gasteiger partial charge in [0, 0.05) is 83.0 Å². The third-order valence-electron chi connectivity index (χ3n) is 13.2. The molecule has 6 fully saturated rings. The highest BCUT2D eigenvalue weighted by molar-refractivity contribution is 5.89. The molecule has 1 heterocycles. The Morgan fingerprint density at radius 2 is 1.72 bits per heavy atom. The molecule has 3 unspecified atom stereocenters. The normalized spacial score (nSPS) is 49.9. The van der Waals surface area contributed by atoms with E-state index in [2.05, 4.69) is 4.90 Å². The van der Waals surface area contributed by atoms with Crippen molar-refractivity contribution in [2.75, 3.05) is 48.1 Å². The van der Waals surface area contributed by atoms with E-state index in [4.69, 9.17) is 28.4 Å². The first kappa shape index (κ1) is 32.4. The van der Waals surface area contributed by atoms with Crippen molar-refractivity contribution in [2.24, 2.45) is 34.5 Å². The first-order valence-corrected chi connectivity index (χ1v) is 16.3. The maximum absolute atomic E-state index is 13.8. The molecular formula is C34H47NO11. The standard InChI is InChI=1S/C34H47NO11/c1-7-35-15-31(16-41-3)20(37)13-21(42-4)33-19-14-32(40)28(45-30(39)18-11-9-8-10-12-18)22(19)34(46-17(2)36,27(38)29(32)44-6)23(26(33)35)24(43-5)25(31)33/h8-12,19-29,37-38,40H,7,13-16H2,1-6H3/t19?,20-,21+,22+,23+,24+,25-,26?,27+,28?,29-,31+,32+,33+,34-/m1/s1. The molecule has 0 radical (unpaired) electrons. The van der Waals surface area contributed by atoms with Gasteiger partial charge in [-0.25, -0.2) is 4.79 Å². The van der Waals surface area contributed by atoms with Gasteiger partial charge in [-0.2, -0.15) is 0 Å². The Hall–Kier alpha value is -2.16. The van der Waals surface area contributed by atoms with Gasteiger partial charge in [0.15, 0.2) is 5.60 Å². The zero-order valence-corrected chi connectivity index (χ0v) is 27.3. The number of likely N-dealkylation sites (tertiary alicyclic amines) is 1. The average Bonchev–Trinajstić information content (AvgIpc) is 3.41. The fraction of sp³-hybridized carbons (Fsp3) is 0.765. The van der Waals surface area contributed by atoms with Crippen LogP contribution in [0, 0.1) is 34.5 Å². The van der Waals surface area contributed by atoms with Crippen molar-refractivity contribution in [1.82, 2.24) is 4.90 Å². The fourth-order valence-corrected chi connectivity index (χ4v) is 12.3. The number of rotatable bonds is 9. The molecule has 254 valence electrons. The van der Waals surface area contributed by atoms with E-state index in [1.54, 1.807) is 51.7 Å². The van der Waals surface area contributed by atoms with E-state index < -0.39 is 88.3 Å². The zero-order valence-electron chi connectivity index (χ0n) is 27.3. The van der Waals surface area contributed by atoms with E-state index in [0.717, 1.165) is 0 Å². The summed E-state index contributed by atoms with van der Waals surface area (Å²) in [7, 11) is 6.27. The van der Waals surface area contributed by atoms with Gasteiger partial charge in [-0.1, -0.05) is 25.1 Å². The molecule has 1 aliphatic heterocycles. The summed E-state index contributed by atoms with van der Waals surface area (Å²) in [4.78, 5) is 29.3. The Morgan fingerprint density at radius 1 is 1.00 bits per heavy atom. The Kier molecular flexibility index (Phi) is 7.69. The van der Waals surface area contributed by atoms with Gasteiger partial charge >= 0.3 is 11.9 Å². The molecular weight excluding hydrogens is 598 g/mol. The zero-order chi connectivity index (χ0) is 33.0. The highest BCUT2D eigenvalue weighted by Gasteiger charge is 2.92. The number of esters is 2. The predicted octanol–water partition coefficient (Wildman–Crippen LogP) is 0.648. The monoisotopic (exact) mass is 645 g/mol. The smallest absolute Gasteiger partial charge is 0.338 e. The van der Waals surface area contributed by atoms with Gasteiger partial charge in [-0.3, -0.25) is 9.69 Å². The van der Waals surface area contributed by atoms with Crippen LogP contribution in [0.5, 0.6) is 0 Å². The Morgan fingerprint density at radius 3 is 2.30 bits per heavy atom. The average molecular weight is 646 g/mol. The molecule has 12 heteroatoms. The quantitative estimate of drug-likeness (QED) is 0.323. The van der Waals surface area contributed by atoms with Crippen molar-refractivity contribution in [1.29, 1.82) is 0 Å². The van der Waals surface area contributed by atoms with E-state index >= 15 is 0 Å². The number of fused-ring (bicyclic) bond motifs is 2. The van der Waals surface area contributed by atoms with Crippen molar-refractivity contribution in [3.63, 3.8) is 0 Å². The Balaban J connectivity index is 1.53. The van der Waals surface area contributed by atoms with Gasteiger partial charge in [-0.15, -0.1) is 0 Å². The van der Waals surface area contributed by atoms with Gasteiger partial charge in [0.25, 0.3) is 0 Å². The molecule has 5 aliphatic carbocycles. The minimum Gasteiger partial charge on any atom is -0.455 e. The maximum Gasteiger partial charge on any atom is 0.338 e. The number of methoxy groups -OCH3 is 4. The number of piperidine rings is 1. The summed E-state index contributed by atoms with van der Waals surface area (Å²) in [6, 6.07) is 8.18. The molecule has 1 aromatic rings. The van der Waals surface area contributed by atoms with E-state index in [1.165, 1.54) is 14.0 Å². The molecule has 12 nitrogen and oxygen atoms in total. The van der Waals surface area contributed by atoms with Crippen LogP contribution in [0.15, 0.2) is 30.3 Å². The molecule has 46 heavy (non-hydrogen) atoms. The topological polar surface area (TPSA) is 153 Å². The lowest BCUT2D eigenvalue weighted by atomic mass is 9.42. The minimum atomic E-state index is -1.83. The second-order valence-corrected chi connectivity index (χ2v) is 14.4. The predicted molar refractivity (Wildman–Crippen MR) is 160 cm³/mol. The highest BCUT2D eigenvalue weighted by atomic mass is 16.6. The lowest BCUT2D eigenvalue weighted by Crippen LogP contribution is -2.81. The van der Waals surface area contributed by atoms with Crippen molar-refractivity contribution >= 4 is 11.9 Å². The maximum atomic E-state index is 13.8. The number of aliphatic hydroxyl groups excluding tert-OH is 2. The second kappa shape index (κ2) is 10.9. The Bertz CT molecular complexity index is 1360. The number of carbonyl (C=O) groups is 2. The summed E-state index contributed by atoms with van der Waals surface area (Å²) >= 11 is 0. The molecule has 5 saturated carbocycles. The Labute approximate surface area is 269 Å². The molecule has 15 atom stereocenters. The van der Waals surface area contributed by atoms with Crippen LogP contribution in [-0.2, 0) is 33.2 Å². The van der Waals surface area contributed by atoms with Gasteiger partial charge in [0.2, 0.25) is 0 Å². The first-order valence-electron chi connectivity index (χ1n) is 16.3. The summed E-state index contributed by atoms with van der Waals surface area (Å²) in [5.41, 5.74) is -4.79. The fourth-order valence-electron chi connectivity index (χ4n) is 12.3. The molecule has 3 N–H and O–H groups in total. The number of aliphatic hydroxyl groups is 3. The number of benzene rings is 1. The van der Waals surface area contributed by atoms with Crippen LogP contribution < -0.4 is 0 Å². The third kappa shape index (κ3) is 3.62. The van der Waals surface area contributed by atoms with Crippen molar-refractivity contribution < 1.29 is 53.3 Å². The number of hydrogen-bond donors (Lipinski definition) is 3. The molecule has 1 aromatic carbocycles. The van der Waals surface area contributed by atoms with Crippen LogP contribution in [0.4, 0.5) is 0 Å². The van der Waals surface area contributed by atoms with Gasteiger partial charge in [0.05, 0.1) is 30.5 Å². The van der Waals surface area contributed by atoms with E-state index in [0.29, 0.717) is 25.1 Å². The highest BCUT2D eigenvalue weighted by Crippen LogP contribution is 2.80. The minimum absolute atomic E-state index is 0.0791. The summed E-state index contributed by atoms with van der Waals surface area (Å²) in [6.07, 6.45) is -5.49. The molecule has 6 aliphatic rings. The number of hydrogen-bond acceptors (Lipinski definition) is 12. The number of nitrogens with zero attached hydrogens (tertiary/aromatic N) is 1. The van der Waals surface area contributed by atoms with E-state index in [-0.39, 0.29) is 25.0 Å². The van der Waals surface area contributed by atoms with E-state index in [9.17, 15) is 24.9 Å². The van der Waals surface area contributed by atoms with Crippen molar-refractivity contribution in [2.45, 2.75) is 80.6 Å². The summed E-state index contributed by atoms with van der Waals surface area (Å²) in [5.74, 6) is -3.65. The summed E-state index contributed by atoms with van der Waals surface area (Å²) < 4.78 is 37.4. The lowest BCUT2D eigenvalue weighted by Gasteiger charge is -2.70. The molecule has 0 amide bonds. The van der Waals surface area contributed by atoms with E-state index in [1.807, 2.05) is 6.92 Å². The van der Waals surface area contributed by atoms with Crippen molar-refractivity contribution in [3.05, 3.63) is 35.9 Å². The number of carbonyl (C=O) groups excluding carboxylic acids is 2. The summed E-state index contributed by atoms with van der Waals surface area (Å²) in [6.45, 7) is 4.68. The van der Waals surface area contributed by atoms with Crippen LogP contribution in [-0.4, -0.2) is 134 Å². The van der Waals surface area contributed by atoms with Gasteiger partial charge in [0.1, 0.15) is 23.9 Å². The molecule has 0 aromatic heterocycles. The lowest BCUT2D eigenvalue weighted by molar-refractivity contribution is -0.322. The summed E-state index contributed by atoms with van der Waals surface area (Å²) in [5, 5.41) is 37.3. The molecule has 7 bridgehead atoms. The third-order valence-corrected chi connectivity index (χ3v) is 13.2. The number of ether oxygens (including phenoxy) is 6. The van der Waals surface area contributed by atoms with Crippen LogP contribution >= 0.6 is 0 Å². The van der Waals surface area contributed by atoms with Gasteiger partial charge < -0.3 is 43.7 Å². The van der Waals surface area contributed by atoms with Crippen LogP contribution in [0.25, 0.3) is 0 Å². The van der Waals surface area contributed by atoms with Crippen LogP contribution in [0.1, 0.15) is 37.0 Å². The first-order chi connectivity index (χ1) is 22.0. The molecule has 7 rings (SSSR count). The van der Waals surface area contributed by atoms with Crippen LogP contribution in [0.2, 0.25) is 0 Å². The van der Waals surface area contributed by atoms with Crippen LogP contribution in [0.3, 0.4) is 0 Å². The van der Waals surface area contributed by atoms with Gasteiger partial charge in [-0.05, 0) is 31.0 Å². The SMILES string of the molecule is CCN1C[C@]2(COC)[C@H](O)C[C@H](OC)[C@]34C5C[C@]6(O)C(OC(=O)c7ccccc7)[C@H]5[C@@](OC(C)=O)([C@H](C13)[C@H](OC)[C@H]24)[C@@H](O)[C@H]6OC.